The van der Waals surface area contributed by atoms with E-state index in [-0.39, 0.29) is 4.90 Å². The van der Waals surface area contributed by atoms with Crippen molar-refractivity contribution < 1.29 is 27.5 Å². The molecule has 1 amide bonds. The number of ether oxygens (including phenoxy) is 2. The predicted molar refractivity (Wildman–Crippen MR) is 137 cm³/mol. The zero-order valence-corrected chi connectivity index (χ0v) is 21.0. The molecular weight excluding hydrogens is 482 g/mol. The van der Waals surface area contributed by atoms with E-state index < -0.39 is 28.4 Å². The first-order chi connectivity index (χ1) is 17.2. The minimum atomic E-state index is -4.05. The van der Waals surface area contributed by atoms with Gasteiger partial charge in [0.05, 0.1) is 36.1 Å². The molecular formula is C26H27N3O6S. The van der Waals surface area contributed by atoms with Crippen LogP contribution in [0, 0.1) is 6.92 Å². The molecule has 0 unspecified atom stereocenters. The number of benzene rings is 3. The van der Waals surface area contributed by atoms with E-state index in [1.165, 1.54) is 25.5 Å². The van der Waals surface area contributed by atoms with Gasteiger partial charge in [0.2, 0.25) is 0 Å². The second kappa shape index (κ2) is 12.0. The van der Waals surface area contributed by atoms with E-state index in [0.717, 1.165) is 9.87 Å². The van der Waals surface area contributed by atoms with Crippen LogP contribution in [0.4, 0.5) is 5.69 Å². The van der Waals surface area contributed by atoms with Gasteiger partial charge >= 0.3 is 5.97 Å². The van der Waals surface area contributed by atoms with E-state index in [1.807, 2.05) is 13.8 Å². The fourth-order valence-electron chi connectivity index (χ4n) is 3.20. The molecule has 0 spiro atoms. The highest BCUT2D eigenvalue weighted by Gasteiger charge is 2.27. The quantitative estimate of drug-likeness (QED) is 0.254. The van der Waals surface area contributed by atoms with Crippen molar-refractivity contribution in [3.05, 3.63) is 89.5 Å². The van der Waals surface area contributed by atoms with Gasteiger partial charge in [-0.1, -0.05) is 29.8 Å². The summed E-state index contributed by atoms with van der Waals surface area (Å²) in [7, 11) is -2.75. The molecule has 0 bridgehead atoms. The summed E-state index contributed by atoms with van der Waals surface area (Å²) in [6.07, 6.45) is 1.38. The van der Waals surface area contributed by atoms with Crippen molar-refractivity contribution in [3.8, 4) is 5.75 Å². The normalized spacial score (nSPS) is 11.2. The molecule has 10 heteroatoms. The molecule has 3 aromatic rings. The van der Waals surface area contributed by atoms with Crippen molar-refractivity contribution in [3.63, 3.8) is 0 Å². The maximum Gasteiger partial charge on any atom is 0.337 e. The lowest BCUT2D eigenvalue weighted by atomic mass is 10.1. The Labute approximate surface area is 210 Å². The number of nitrogens with zero attached hydrogens (tertiary/aromatic N) is 2. The van der Waals surface area contributed by atoms with Gasteiger partial charge in [0.25, 0.3) is 15.9 Å². The Morgan fingerprint density at radius 3 is 2.19 bits per heavy atom. The Morgan fingerprint density at radius 1 is 0.972 bits per heavy atom. The summed E-state index contributed by atoms with van der Waals surface area (Å²) >= 11 is 0. The largest absolute Gasteiger partial charge is 0.494 e. The van der Waals surface area contributed by atoms with Crippen molar-refractivity contribution in [2.24, 2.45) is 5.10 Å². The van der Waals surface area contributed by atoms with E-state index in [0.29, 0.717) is 29.2 Å². The number of hydrogen-bond acceptors (Lipinski definition) is 7. The topological polar surface area (TPSA) is 114 Å². The summed E-state index contributed by atoms with van der Waals surface area (Å²) in [6, 6.07) is 19.2. The van der Waals surface area contributed by atoms with Crippen LogP contribution in [-0.2, 0) is 19.6 Å². The number of carbonyl (C=O) groups excluding carboxylic acids is 2. The van der Waals surface area contributed by atoms with Gasteiger partial charge in [-0.3, -0.25) is 9.10 Å². The molecule has 9 nitrogen and oxygen atoms in total. The van der Waals surface area contributed by atoms with E-state index in [1.54, 1.807) is 60.7 Å². The molecule has 0 saturated carbocycles. The third-order valence-corrected chi connectivity index (χ3v) is 6.85. The van der Waals surface area contributed by atoms with Gasteiger partial charge in [0, 0.05) is 0 Å². The summed E-state index contributed by atoms with van der Waals surface area (Å²) in [5.74, 6) is -0.515. The van der Waals surface area contributed by atoms with Crippen LogP contribution in [0.2, 0.25) is 0 Å². The number of nitrogens with one attached hydrogen (secondary N) is 1. The molecule has 0 heterocycles. The minimum absolute atomic E-state index is 0.0592. The van der Waals surface area contributed by atoms with Gasteiger partial charge in [-0.05, 0) is 67.9 Å². The van der Waals surface area contributed by atoms with Gasteiger partial charge in [0.1, 0.15) is 12.3 Å². The molecule has 36 heavy (non-hydrogen) atoms. The van der Waals surface area contributed by atoms with Crippen LogP contribution in [0.15, 0.2) is 82.8 Å². The highest BCUT2D eigenvalue weighted by Crippen LogP contribution is 2.26. The Hall–Kier alpha value is -4.18. The second-order valence-corrected chi connectivity index (χ2v) is 9.52. The van der Waals surface area contributed by atoms with Crippen LogP contribution in [-0.4, -0.2) is 46.8 Å². The average Bonchev–Trinajstić information content (AvgIpc) is 2.88. The molecule has 0 atom stereocenters. The van der Waals surface area contributed by atoms with Gasteiger partial charge in [-0.25, -0.2) is 18.6 Å². The predicted octanol–water partition coefficient (Wildman–Crippen LogP) is 3.53. The highest BCUT2D eigenvalue weighted by atomic mass is 32.2. The lowest BCUT2D eigenvalue weighted by Gasteiger charge is -2.24. The third kappa shape index (κ3) is 6.70. The molecule has 0 aliphatic heterocycles. The minimum Gasteiger partial charge on any atom is -0.494 e. The number of sulfonamides is 1. The van der Waals surface area contributed by atoms with Crippen LogP contribution in [0.5, 0.6) is 5.75 Å². The molecule has 0 saturated heterocycles. The monoisotopic (exact) mass is 509 g/mol. The van der Waals surface area contributed by atoms with Gasteiger partial charge in [0.15, 0.2) is 0 Å². The zero-order chi connectivity index (χ0) is 26.1. The Bertz CT molecular complexity index is 1320. The average molecular weight is 510 g/mol. The van der Waals surface area contributed by atoms with Crippen LogP contribution >= 0.6 is 0 Å². The molecule has 188 valence electrons. The van der Waals surface area contributed by atoms with Crippen LogP contribution in [0.1, 0.15) is 28.4 Å². The van der Waals surface area contributed by atoms with Crippen molar-refractivity contribution in [1.82, 2.24) is 5.43 Å². The Morgan fingerprint density at radius 2 is 1.61 bits per heavy atom. The maximum absolute atomic E-state index is 13.4. The third-order valence-electron chi connectivity index (χ3n) is 5.07. The van der Waals surface area contributed by atoms with E-state index in [4.69, 9.17) is 4.74 Å². The lowest BCUT2D eigenvalue weighted by Crippen LogP contribution is -2.39. The van der Waals surface area contributed by atoms with Crippen LogP contribution in [0.3, 0.4) is 0 Å². The number of rotatable bonds is 10. The van der Waals surface area contributed by atoms with E-state index >= 15 is 0 Å². The number of methoxy groups -OCH3 is 1. The van der Waals surface area contributed by atoms with Crippen LogP contribution in [0.25, 0.3) is 0 Å². The van der Waals surface area contributed by atoms with Crippen molar-refractivity contribution >= 4 is 33.8 Å². The first kappa shape index (κ1) is 26.4. The zero-order valence-electron chi connectivity index (χ0n) is 20.2. The maximum atomic E-state index is 13.4. The SMILES string of the molecule is CCOc1ccc(N(CC(=O)N/N=C/c2ccc(C(=O)OC)cc2)S(=O)(=O)c2ccc(C)cc2)cc1. The van der Waals surface area contributed by atoms with E-state index in [2.05, 4.69) is 15.3 Å². The number of hydrogen-bond donors (Lipinski definition) is 1. The summed E-state index contributed by atoms with van der Waals surface area (Å²) in [4.78, 5) is 24.3. The summed E-state index contributed by atoms with van der Waals surface area (Å²) in [5.41, 5.74) is 4.57. The summed E-state index contributed by atoms with van der Waals surface area (Å²) in [6.45, 7) is 3.68. The fraction of sp³-hybridized carbons (Fsp3) is 0.192. The molecule has 0 fully saturated rings. The molecule has 1 N–H and O–H groups in total. The summed E-state index contributed by atoms with van der Waals surface area (Å²) < 4.78 is 38.0. The van der Waals surface area contributed by atoms with Crippen molar-refractivity contribution in [2.45, 2.75) is 18.7 Å². The van der Waals surface area contributed by atoms with Crippen molar-refractivity contribution in [2.75, 3.05) is 24.6 Å². The van der Waals surface area contributed by atoms with Crippen LogP contribution < -0.4 is 14.5 Å². The molecule has 0 aliphatic carbocycles. The Balaban J connectivity index is 1.79. The molecule has 3 rings (SSSR count). The number of amides is 1. The van der Waals surface area contributed by atoms with Crippen molar-refractivity contribution in [1.29, 1.82) is 0 Å². The molecule has 0 aromatic heterocycles. The fourth-order valence-corrected chi connectivity index (χ4v) is 4.62. The number of carbonyl (C=O) groups is 2. The number of hydrazone groups is 1. The first-order valence-corrected chi connectivity index (χ1v) is 12.5. The molecule has 3 aromatic carbocycles. The number of anilines is 1. The smallest absolute Gasteiger partial charge is 0.337 e. The first-order valence-electron chi connectivity index (χ1n) is 11.1. The lowest BCUT2D eigenvalue weighted by molar-refractivity contribution is -0.119. The van der Waals surface area contributed by atoms with E-state index in [9.17, 15) is 18.0 Å². The summed E-state index contributed by atoms with van der Waals surface area (Å²) in [5, 5.41) is 3.91. The second-order valence-electron chi connectivity index (χ2n) is 7.66. The van der Waals surface area contributed by atoms with Gasteiger partial charge < -0.3 is 9.47 Å². The standard InChI is InChI=1S/C26H27N3O6S/c1-4-35-23-13-11-22(12-14-23)29(36(32,33)24-15-5-19(2)6-16-24)18-25(30)28-27-17-20-7-9-21(10-8-20)26(31)34-3/h5-17H,4,18H2,1-3H3,(H,28,30)/b27-17+. The number of esters is 1. The van der Waals surface area contributed by atoms with Gasteiger partial charge in [-0.15, -0.1) is 0 Å². The Kier molecular flexibility index (Phi) is 8.80. The highest BCUT2D eigenvalue weighted by molar-refractivity contribution is 7.92. The number of aryl methyl sites for hydroxylation is 1. The van der Waals surface area contributed by atoms with Gasteiger partial charge in [-0.2, -0.15) is 5.10 Å². The molecule has 0 radical (unpaired) electrons. The molecule has 0 aliphatic rings.